The summed E-state index contributed by atoms with van der Waals surface area (Å²) in [7, 11) is -1.43. The Morgan fingerprint density at radius 1 is 1.00 bits per heavy atom. The van der Waals surface area contributed by atoms with Gasteiger partial charge in [0.2, 0.25) is 0 Å². The average Bonchev–Trinajstić information content (AvgIpc) is 3.19. The maximum atomic E-state index is 13.6. The Balaban J connectivity index is 1.44. The van der Waals surface area contributed by atoms with Gasteiger partial charge in [-0.2, -0.15) is 4.68 Å². The summed E-state index contributed by atoms with van der Waals surface area (Å²) in [5.74, 6) is -0.987. The number of esters is 1. The molecular formula is C27H23ClN6O6S. The molecule has 0 saturated carbocycles. The van der Waals surface area contributed by atoms with Crippen LogP contribution in [0, 0.1) is 6.92 Å². The molecule has 0 spiro atoms. The fourth-order valence-corrected chi connectivity index (χ4v) is 5.79. The molecular weight excluding hydrogens is 572 g/mol. The largest absolute Gasteiger partial charge is 0.438 e. The van der Waals surface area contributed by atoms with E-state index in [4.69, 9.17) is 16.3 Å². The molecule has 0 unspecified atom stereocenters. The molecule has 210 valence electrons. The minimum atomic E-state index is -4.33. The van der Waals surface area contributed by atoms with Crippen molar-refractivity contribution in [2.24, 2.45) is 7.05 Å². The van der Waals surface area contributed by atoms with Crippen molar-refractivity contribution >= 4 is 44.2 Å². The molecule has 0 N–H and O–H groups in total. The molecule has 41 heavy (non-hydrogen) atoms. The smallest absolute Gasteiger partial charge is 0.341 e. The number of benzene rings is 3. The summed E-state index contributed by atoms with van der Waals surface area (Å²) in [4.78, 5) is 38.6. The van der Waals surface area contributed by atoms with Gasteiger partial charge in [-0.05, 0) is 49.4 Å². The number of sulfonamides is 1. The number of carbonyl (C=O) groups is 1. The van der Waals surface area contributed by atoms with Crippen LogP contribution in [0.25, 0.3) is 16.6 Å². The molecule has 0 amide bonds. The number of carbonyl (C=O) groups excluding carboxylic acids is 1. The van der Waals surface area contributed by atoms with Crippen molar-refractivity contribution in [3.63, 3.8) is 0 Å². The second-order valence-electron chi connectivity index (χ2n) is 9.00. The minimum Gasteiger partial charge on any atom is -0.438 e. The zero-order chi connectivity index (χ0) is 29.5. The van der Waals surface area contributed by atoms with Crippen LogP contribution in [0.4, 0.5) is 5.69 Å². The lowest BCUT2D eigenvalue weighted by molar-refractivity contribution is 0.0336. The lowest BCUT2D eigenvalue weighted by Gasteiger charge is -2.19. The highest BCUT2D eigenvalue weighted by Gasteiger charge is 2.30. The van der Waals surface area contributed by atoms with E-state index in [1.165, 1.54) is 23.9 Å². The minimum absolute atomic E-state index is 0.0651. The lowest BCUT2D eigenvalue weighted by Crippen LogP contribution is -2.32. The first-order valence-electron chi connectivity index (χ1n) is 12.1. The monoisotopic (exact) mass is 594 g/mol. The van der Waals surface area contributed by atoms with Gasteiger partial charge in [-0.25, -0.2) is 17.9 Å². The van der Waals surface area contributed by atoms with Gasteiger partial charge < -0.3 is 4.74 Å². The van der Waals surface area contributed by atoms with Crippen molar-refractivity contribution in [1.29, 1.82) is 0 Å². The van der Waals surface area contributed by atoms with Gasteiger partial charge in [0.1, 0.15) is 11.2 Å². The van der Waals surface area contributed by atoms with Gasteiger partial charge in [0.15, 0.2) is 6.73 Å². The van der Waals surface area contributed by atoms with Crippen LogP contribution in [0.5, 0.6) is 0 Å². The van der Waals surface area contributed by atoms with Crippen LogP contribution in [-0.2, 0) is 28.5 Å². The molecule has 2 aromatic heterocycles. The second kappa shape index (κ2) is 10.7. The van der Waals surface area contributed by atoms with E-state index in [1.54, 1.807) is 73.3 Å². The van der Waals surface area contributed by atoms with E-state index in [0.29, 0.717) is 16.9 Å². The van der Waals surface area contributed by atoms with Gasteiger partial charge in [0, 0.05) is 14.1 Å². The van der Waals surface area contributed by atoms with Crippen LogP contribution in [0.2, 0.25) is 5.02 Å². The number of nitrogens with zero attached hydrogens (tertiary/aromatic N) is 6. The first kappa shape index (κ1) is 27.8. The average molecular weight is 595 g/mol. The van der Waals surface area contributed by atoms with E-state index < -0.39 is 33.8 Å². The Labute approximate surface area is 238 Å². The van der Waals surface area contributed by atoms with Crippen LogP contribution in [-0.4, -0.2) is 45.8 Å². The normalized spacial score (nSPS) is 11.5. The first-order valence-corrected chi connectivity index (χ1v) is 14.0. The van der Waals surface area contributed by atoms with Crippen molar-refractivity contribution in [3.05, 3.63) is 110 Å². The second-order valence-corrected chi connectivity index (χ2v) is 11.4. The zero-order valence-corrected chi connectivity index (χ0v) is 23.6. The maximum Gasteiger partial charge on any atom is 0.341 e. The fourth-order valence-electron chi connectivity index (χ4n) is 4.32. The third-order valence-corrected chi connectivity index (χ3v) is 8.68. The molecule has 5 rings (SSSR count). The molecule has 0 aliphatic rings. The van der Waals surface area contributed by atoms with Crippen LogP contribution in [0.15, 0.2) is 87.3 Å². The van der Waals surface area contributed by atoms with E-state index in [1.807, 2.05) is 0 Å². The fraction of sp³-hybridized carbons (Fsp3) is 0.148. The quantitative estimate of drug-likeness (QED) is 0.262. The van der Waals surface area contributed by atoms with Crippen molar-refractivity contribution in [2.75, 3.05) is 11.4 Å². The molecule has 0 aliphatic carbocycles. The Kier molecular flexibility index (Phi) is 7.24. The summed E-state index contributed by atoms with van der Waals surface area (Å²) in [5.41, 5.74) is -0.0366. The highest BCUT2D eigenvalue weighted by atomic mass is 35.5. The van der Waals surface area contributed by atoms with E-state index in [9.17, 15) is 22.8 Å². The Morgan fingerprint density at radius 3 is 2.41 bits per heavy atom. The third-order valence-electron chi connectivity index (χ3n) is 6.60. The summed E-state index contributed by atoms with van der Waals surface area (Å²) in [6.07, 6.45) is 0. The highest BCUT2D eigenvalue weighted by Crippen LogP contribution is 2.27. The maximum absolute atomic E-state index is 13.6. The number of hydrogen-bond donors (Lipinski definition) is 0. The van der Waals surface area contributed by atoms with Crippen LogP contribution < -0.4 is 15.4 Å². The molecule has 0 aliphatic heterocycles. The van der Waals surface area contributed by atoms with Crippen LogP contribution in [0.1, 0.15) is 16.1 Å². The van der Waals surface area contributed by atoms with E-state index in [-0.39, 0.29) is 26.6 Å². The molecule has 0 atom stereocenters. The zero-order valence-electron chi connectivity index (χ0n) is 22.1. The first-order chi connectivity index (χ1) is 19.5. The molecule has 12 nitrogen and oxygen atoms in total. The van der Waals surface area contributed by atoms with Crippen molar-refractivity contribution < 1.29 is 17.9 Å². The van der Waals surface area contributed by atoms with Gasteiger partial charge >= 0.3 is 5.97 Å². The van der Waals surface area contributed by atoms with Gasteiger partial charge in [-0.3, -0.25) is 18.6 Å². The number of fused-ring (bicyclic) bond motifs is 1. The molecule has 0 saturated heterocycles. The number of rotatable bonds is 7. The predicted molar refractivity (Wildman–Crippen MR) is 152 cm³/mol. The lowest BCUT2D eigenvalue weighted by atomic mass is 10.2. The molecule has 0 fully saturated rings. The SMILES string of the molecule is Cc1c(N(C)S(=O)(=O)c2ccc(Cl)c(C(=O)OCn3nnc4ccccc4c3=O)c2)c(=O)n(-c2ccccc2)n1C. The molecule has 3 aromatic carbocycles. The molecule has 0 radical (unpaired) electrons. The van der Waals surface area contributed by atoms with E-state index >= 15 is 0 Å². The Morgan fingerprint density at radius 2 is 1.68 bits per heavy atom. The van der Waals surface area contributed by atoms with Crippen LogP contribution >= 0.6 is 11.6 Å². The number of aromatic nitrogens is 5. The summed E-state index contributed by atoms with van der Waals surface area (Å²) < 4.78 is 37.1. The number of anilines is 1. The predicted octanol–water partition coefficient (Wildman–Crippen LogP) is 2.88. The number of hydrogen-bond acceptors (Lipinski definition) is 8. The van der Waals surface area contributed by atoms with Crippen molar-refractivity contribution in [1.82, 2.24) is 24.4 Å². The molecule has 2 heterocycles. The summed E-state index contributed by atoms with van der Waals surface area (Å²) in [6, 6.07) is 18.9. The van der Waals surface area contributed by atoms with Crippen LogP contribution in [0.3, 0.4) is 0 Å². The highest BCUT2D eigenvalue weighted by molar-refractivity contribution is 7.92. The van der Waals surface area contributed by atoms with Crippen molar-refractivity contribution in [3.8, 4) is 5.69 Å². The van der Waals surface area contributed by atoms with E-state index in [0.717, 1.165) is 15.1 Å². The van der Waals surface area contributed by atoms with Gasteiger partial charge in [0.05, 0.1) is 32.2 Å². The van der Waals surface area contributed by atoms with E-state index in [2.05, 4.69) is 10.3 Å². The number of ether oxygens (including phenoxy) is 1. The molecule has 0 bridgehead atoms. The standard InChI is InChI=1S/C27H23ClN6O6S/c1-17-24(26(36)34(31(17)2)18-9-5-4-6-10-18)32(3)41(38,39)19-13-14-22(28)21(15-19)27(37)40-16-33-25(35)20-11-7-8-12-23(20)29-30-33/h4-15H,16H2,1-3H3. The number of para-hydroxylation sites is 1. The third kappa shape index (κ3) is 4.89. The Hall–Kier alpha value is -4.75. The molecule has 14 heteroatoms. The Bertz CT molecular complexity index is 2040. The van der Waals surface area contributed by atoms with Gasteiger partial charge in [-0.1, -0.05) is 47.1 Å². The van der Waals surface area contributed by atoms with Gasteiger partial charge in [-0.15, -0.1) is 5.10 Å². The summed E-state index contributed by atoms with van der Waals surface area (Å²) in [5, 5.41) is 7.91. The summed E-state index contributed by atoms with van der Waals surface area (Å²) in [6.45, 7) is 1.05. The number of halogens is 1. The van der Waals surface area contributed by atoms with Crippen molar-refractivity contribution in [2.45, 2.75) is 18.6 Å². The summed E-state index contributed by atoms with van der Waals surface area (Å²) >= 11 is 6.21. The molecule has 5 aromatic rings. The topological polar surface area (TPSA) is 138 Å². The van der Waals surface area contributed by atoms with Gasteiger partial charge in [0.25, 0.3) is 21.1 Å².